The zero-order valence-electron chi connectivity index (χ0n) is 15.4. The first-order valence-electron chi connectivity index (χ1n) is 8.87. The predicted octanol–water partition coefficient (Wildman–Crippen LogP) is 2.51. The van der Waals surface area contributed by atoms with Crippen LogP contribution in [0.15, 0.2) is 42.5 Å². The molecule has 1 aromatic heterocycles. The fourth-order valence-electron chi connectivity index (χ4n) is 3.24. The molecule has 0 unspecified atom stereocenters. The van der Waals surface area contributed by atoms with Crippen molar-refractivity contribution in [2.24, 2.45) is 0 Å². The summed E-state index contributed by atoms with van der Waals surface area (Å²) in [5, 5.41) is 2.87. The Labute approximate surface area is 157 Å². The van der Waals surface area contributed by atoms with Crippen LogP contribution in [0, 0.1) is 0 Å². The quantitative estimate of drug-likeness (QED) is 0.751. The number of hydrogen-bond donors (Lipinski definition) is 1. The van der Waals surface area contributed by atoms with Crippen molar-refractivity contribution in [2.75, 3.05) is 32.6 Å². The van der Waals surface area contributed by atoms with Gasteiger partial charge >= 0.3 is 0 Å². The van der Waals surface area contributed by atoms with E-state index in [1.54, 1.807) is 31.4 Å². The van der Waals surface area contributed by atoms with Gasteiger partial charge in [0.2, 0.25) is 0 Å². The number of benzene rings is 2. The van der Waals surface area contributed by atoms with Crippen LogP contribution in [0.5, 0.6) is 11.5 Å². The molecule has 0 saturated heterocycles. The molecule has 7 nitrogen and oxygen atoms in total. The van der Waals surface area contributed by atoms with Gasteiger partial charge in [0.05, 0.1) is 24.7 Å². The average molecular weight is 366 g/mol. The monoisotopic (exact) mass is 366 g/mol. The molecule has 1 aliphatic heterocycles. The Morgan fingerprint density at radius 1 is 1.15 bits per heavy atom. The maximum absolute atomic E-state index is 12.2. The molecule has 0 fully saturated rings. The number of hydrogen-bond acceptors (Lipinski definition) is 5. The fraction of sp³-hybridized carbons (Fsp3) is 0.300. The van der Waals surface area contributed by atoms with E-state index in [-0.39, 0.29) is 12.5 Å². The third-order valence-electron chi connectivity index (χ3n) is 4.66. The highest BCUT2D eigenvalue weighted by molar-refractivity contribution is 5.94. The number of nitrogens with zero attached hydrogens (tertiary/aromatic N) is 3. The second-order valence-electron chi connectivity index (χ2n) is 6.63. The smallest absolute Gasteiger partial charge is 0.262 e. The molecule has 4 rings (SSSR count). The number of nitrogens with one attached hydrogen (secondary N) is 1. The lowest BCUT2D eigenvalue weighted by atomic mass is 10.2. The lowest BCUT2D eigenvalue weighted by Gasteiger charge is -2.23. The molecule has 27 heavy (non-hydrogen) atoms. The summed E-state index contributed by atoms with van der Waals surface area (Å²) in [4.78, 5) is 19.1. The van der Waals surface area contributed by atoms with Gasteiger partial charge in [-0.3, -0.25) is 9.69 Å². The van der Waals surface area contributed by atoms with Crippen LogP contribution in [0.2, 0.25) is 0 Å². The third-order valence-corrected chi connectivity index (χ3v) is 4.66. The van der Waals surface area contributed by atoms with Crippen LogP contribution < -0.4 is 14.8 Å². The normalized spacial score (nSPS) is 14.0. The first-order chi connectivity index (χ1) is 13.1. The van der Waals surface area contributed by atoms with Gasteiger partial charge in [0, 0.05) is 18.8 Å². The molecule has 3 aromatic rings. The maximum atomic E-state index is 12.2. The average Bonchev–Trinajstić information content (AvgIpc) is 3.03. The molecule has 0 aliphatic carbocycles. The van der Waals surface area contributed by atoms with Crippen LogP contribution in [0.3, 0.4) is 0 Å². The largest absolute Gasteiger partial charge is 0.497 e. The number of carbonyl (C=O) groups excluding carboxylic acids is 1. The van der Waals surface area contributed by atoms with Crippen molar-refractivity contribution >= 4 is 22.6 Å². The van der Waals surface area contributed by atoms with Gasteiger partial charge in [-0.1, -0.05) is 0 Å². The van der Waals surface area contributed by atoms with Gasteiger partial charge in [0.1, 0.15) is 17.3 Å². The molecule has 2 heterocycles. The van der Waals surface area contributed by atoms with E-state index >= 15 is 0 Å². The predicted molar refractivity (Wildman–Crippen MR) is 103 cm³/mol. The van der Waals surface area contributed by atoms with Crippen LogP contribution >= 0.6 is 0 Å². The summed E-state index contributed by atoms with van der Waals surface area (Å²) in [6.45, 7) is 2.73. The van der Waals surface area contributed by atoms with Gasteiger partial charge in [-0.2, -0.15) is 0 Å². The molecule has 7 heteroatoms. The Balaban J connectivity index is 1.41. The number of rotatable bonds is 5. The van der Waals surface area contributed by atoms with Gasteiger partial charge in [0.15, 0.2) is 6.61 Å². The van der Waals surface area contributed by atoms with E-state index in [1.165, 1.54) is 0 Å². The summed E-state index contributed by atoms with van der Waals surface area (Å²) in [5.74, 6) is 2.21. The molecule has 1 N–H and O–H groups in total. The summed E-state index contributed by atoms with van der Waals surface area (Å²) in [5.41, 5.74) is 2.72. The van der Waals surface area contributed by atoms with E-state index < -0.39 is 0 Å². The second kappa shape index (κ2) is 7.28. The lowest BCUT2D eigenvalue weighted by Crippen LogP contribution is -2.30. The third kappa shape index (κ3) is 3.73. The summed E-state index contributed by atoms with van der Waals surface area (Å²) in [7, 11) is 3.70. The van der Waals surface area contributed by atoms with Crippen LogP contribution in [0.1, 0.15) is 5.82 Å². The Hall–Kier alpha value is -3.06. The molecule has 0 radical (unpaired) electrons. The van der Waals surface area contributed by atoms with E-state index in [1.807, 2.05) is 18.2 Å². The molecule has 2 aromatic carbocycles. The SMILES string of the molecule is COc1ccc(OCC(=O)Nc2ccc3c(c2)nc2n3CCN(C)C2)cc1. The number of likely N-dealkylation sites (N-methyl/N-ethyl adjacent to an activating group) is 1. The Kier molecular flexibility index (Phi) is 4.68. The van der Waals surface area contributed by atoms with Gasteiger partial charge in [-0.05, 0) is 49.5 Å². The van der Waals surface area contributed by atoms with E-state index in [4.69, 9.17) is 14.5 Å². The van der Waals surface area contributed by atoms with Crippen molar-refractivity contribution in [1.29, 1.82) is 0 Å². The second-order valence-corrected chi connectivity index (χ2v) is 6.63. The highest BCUT2D eigenvalue weighted by Gasteiger charge is 2.17. The van der Waals surface area contributed by atoms with E-state index in [0.717, 1.165) is 47.9 Å². The van der Waals surface area contributed by atoms with Gasteiger partial charge in [-0.15, -0.1) is 0 Å². The Morgan fingerprint density at radius 2 is 1.93 bits per heavy atom. The Bertz CT molecular complexity index is 965. The van der Waals surface area contributed by atoms with Crippen molar-refractivity contribution in [1.82, 2.24) is 14.5 Å². The number of imidazole rings is 1. The zero-order chi connectivity index (χ0) is 18.8. The van der Waals surface area contributed by atoms with Crippen LogP contribution in [-0.4, -0.2) is 47.7 Å². The molecular formula is C20H22N4O3. The number of fused-ring (bicyclic) bond motifs is 3. The highest BCUT2D eigenvalue weighted by Crippen LogP contribution is 2.23. The number of carbonyl (C=O) groups is 1. The lowest BCUT2D eigenvalue weighted by molar-refractivity contribution is -0.118. The van der Waals surface area contributed by atoms with Crippen molar-refractivity contribution < 1.29 is 14.3 Å². The van der Waals surface area contributed by atoms with E-state index in [9.17, 15) is 4.79 Å². The first kappa shape index (κ1) is 17.4. The minimum absolute atomic E-state index is 0.0607. The molecule has 0 bridgehead atoms. The van der Waals surface area contributed by atoms with E-state index in [2.05, 4.69) is 21.8 Å². The fourth-order valence-corrected chi connectivity index (χ4v) is 3.24. The Morgan fingerprint density at radius 3 is 2.70 bits per heavy atom. The number of aromatic nitrogens is 2. The van der Waals surface area contributed by atoms with Gasteiger partial charge < -0.3 is 19.4 Å². The molecule has 1 amide bonds. The van der Waals surface area contributed by atoms with Gasteiger partial charge in [-0.25, -0.2) is 4.98 Å². The molecular weight excluding hydrogens is 344 g/mol. The van der Waals surface area contributed by atoms with Crippen molar-refractivity contribution in [3.05, 3.63) is 48.3 Å². The number of methoxy groups -OCH3 is 1. The van der Waals surface area contributed by atoms with Crippen LogP contribution in [-0.2, 0) is 17.9 Å². The molecule has 1 aliphatic rings. The van der Waals surface area contributed by atoms with Crippen LogP contribution in [0.25, 0.3) is 11.0 Å². The standard InChI is InChI=1S/C20H22N4O3/c1-23-9-10-24-18-8-3-14(11-17(18)22-19(24)12-23)21-20(25)13-27-16-6-4-15(26-2)5-7-16/h3-8,11H,9-10,12-13H2,1-2H3,(H,21,25). The number of ether oxygens (including phenoxy) is 2. The summed E-state index contributed by atoms with van der Waals surface area (Å²) in [6.07, 6.45) is 0. The highest BCUT2D eigenvalue weighted by atomic mass is 16.5. The summed E-state index contributed by atoms with van der Waals surface area (Å²) in [6, 6.07) is 12.9. The van der Waals surface area contributed by atoms with Crippen LogP contribution in [0.4, 0.5) is 5.69 Å². The molecule has 0 spiro atoms. The molecule has 0 atom stereocenters. The summed E-state index contributed by atoms with van der Waals surface area (Å²) < 4.78 is 12.9. The van der Waals surface area contributed by atoms with Crippen molar-refractivity contribution in [2.45, 2.75) is 13.1 Å². The topological polar surface area (TPSA) is 68.6 Å². The molecule has 140 valence electrons. The first-order valence-corrected chi connectivity index (χ1v) is 8.87. The van der Waals surface area contributed by atoms with Crippen molar-refractivity contribution in [3.8, 4) is 11.5 Å². The number of amides is 1. The zero-order valence-corrected chi connectivity index (χ0v) is 15.4. The maximum Gasteiger partial charge on any atom is 0.262 e. The minimum Gasteiger partial charge on any atom is -0.497 e. The number of anilines is 1. The minimum atomic E-state index is -0.214. The van der Waals surface area contributed by atoms with Crippen molar-refractivity contribution in [3.63, 3.8) is 0 Å². The van der Waals surface area contributed by atoms with E-state index in [0.29, 0.717) is 5.75 Å². The summed E-state index contributed by atoms with van der Waals surface area (Å²) >= 11 is 0. The molecule has 0 saturated carbocycles. The van der Waals surface area contributed by atoms with Gasteiger partial charge in [0.25, 0.3) is 5.91 Å².